The molecule has 2 rings (SSSR count). The summed E-state index contributed by atoms with van der Waals surface area (Å²) in [6.07, 6.45) is 2.54. The Morgan fingerprint density at radius 2 is 1.89 bits per heavy atom. The van der Waals surface area contributed by atoms with E-state index in [0.29, 0.717) is 12.8 Å². The zero-order valence-corrected chi connectivity index (χ0v) is 11.3. The Morgan fingerprint density at radius 3 is 2.42 bits per heavy atom. The van der Waals surface area contributed by atoms with Crippen LogP contribution in [-0.4, -0.2) is 43.2 Å². The van der Waals surface area contributed by atoms with Crippen molar-refractivity contribution in [3.8, 4) is 0 Å². The van der Waals surface area contributed by atoms with Crippen molar-refractivity contribution >= 4 is 21.8 Å². The van der Waals surface area contributed by atoms with Crippen molar-refractivity contribution in [2.75, 3.05) is 6.54 Å². The van der Waals surface area contributed by atoms with E-state index in [1.165, 1.54) is 0 Å². The molecule has 3 N–H and O–H groups in total. The highest BCUT2D eigenvalue weighted by Gasteiger charge is 2.41. The van der Waals surface area contributed by atoms with Crippen LogP contribution in [0, 0.1) is 5.92 Å². The third kappa shape index (κ3) is 3.06. The maximum Gasteiger partial charge on any atom is 0.248 e. The SMILES string of the molecule is O=C1NCC(O)C1C(=O)NS(=O)(=O)C1CCCCC1. The van der Waals surface area contributed by atoms with Gasteiger partial charge in [-0.25, -0.2) is 8.42 Å². The average Bonchev–Trinajstić information content (AvgIpc) is 2.69. The summed E-state index contributed by atoms with van der Waals surface area (Å²) in [6, 6.07) is 0. The number of hydrogen-bond acceptors (Lipinski definition) is 5. The van der Waals surface area contributed by atoms with Crippen LogP contribution in [-0.2, 0) is 19.6 Å². The number of hydrogen-bond donors (Lipinski definition) is 3. The van der Waals surface area contributed by atoms with Gasteiger partial charge < -0.3 is 10.4 Å². The lowest BCUT2D eigenvalue weighted by Gasteiger charge is -2.22. The van der Waals surface area contributed by atoms with Gasteiger partial charge >= 0.3 is 0 Å². The summed E-state index contributed by atoms with van der Waals surface area (Å²) in [5.41, 5.74) is 0. The molecule has 2 aliphatic rings. The number of aliphatic hydroxyl groups excluding tert-OH is 1. The van der Waals surface area contributed by atoms with Crippen molar-refractivity contribution in [3.63, 3.8) is 0 Å². The Bertz CT molecular complexity index is 469. The largest absolute Gasteiger partial charge is 0.390 e. The Balaban J connectivity index is 2.03. The first-order chi connectivity index (χ1) is 8.92. The number of aliphatic hydroxyl groups is 1. The minimum atomic E-state index is -3.76. The molecule has 8 heteroatoms. The molecule has 0 bridgehead atoms. The fourth-order valence-corrected chi connectivity index (χ4v) is 4.09. The Kier molecular flexibility index (Phi) is 4.10. The molecular weight excluding hydrogens is 272 g/mol. The van der Waals surface area contributed by atoms with Crippen LogP contribution >= 0.6 is 0 Å². The van der Waals surface area contributed by atoms with Crippen molar-refractivity contribution < 1.29 is 23.1 Å². The first kappa shape index (κ1) is 14.3. The fraction of sp³-hybridized carbons (Fsp3) is 0.818. The van der Waals surface area contributed by atoms with Crippen molar-refractivity contribution in [1.29, 1.82) is 0 Å². The Hall–Kier alpha value is -1.15. The lowest BCUT2D eigenvalue weighted by Crippen LogP contribution is -2.46. The number of sulfonamides is 1. The number of carbonyl (C=O) groups is 2. The van der Waals surface area contributed by atoms with Gasteiger partial charge in [0.1, 0.15) is 5.92 Å². The summed E-state index contributed by atoms with van der Waals surface area (Å²) in [4.78, 5) is 23.2. The summed E-state index contributed by atoms with van der Waals surface area (Å²) in [5, 5.41) is 11.2. The van der Waals surface area contributed by atoms with E-state index in [1.54, 1.807) is 0 Å². The molecule has 2 fully saturated rings. The highest BCUT2D eigenvalue weighted by atomic mass is 32.2. The molecule has 0 aromatic carbocycles. The minimum absolute atomic E-state index is 0.0274. The van der Waals surface area contributed by atoms with Crippen molar-refractivity contribution in [2.24, 2.45) is 5.92 Å². The summed E-state index contributed by atoms with van der Waals surface area (Å²) in [5.74, 6) is -2.91. The summed E-state index contributed by atoms with van der Waals surface area (Å²) in [6.45, 7) is -0.0274. The molecule has 0 aromatic heterocycles. The van der Waals surface area contributed by atoms with E-state index < -0.39 is 39.1 Å². The van der Waals surface area contributed by atoms with E-state index in [-0.39, 0.29) is 6.54 Å². The molecule has 0 spiro atoms. The van der Waals surface area contributed by atoms with Crippen LogP contribution in [0.4, 0.5) is 0 Å². The van der Waals surface area contributed by atoms with Crippen LogP contribution in [0.25, 0.3) is 0 Å². The molecule has 2 unspecified atom stereocenters. The van der Waals surface area contributed by atoms with Gasteiger partial charge in [0.05, 0.1) is 11.4 Å². The Morgan fingerprint density at radius 1 is 1.26 bits per heavy atom. The lowest BCUT2D eigenvalue weighted by molar-refractivity contribution is -0.134. The van der Waals surface area contributed by atoms with Crippen LogP contribution in [0.15, 0.2) is 0 Å². The summed E-state index contributed by atoms with van der Waals surface area (Å²) < 4.78 is 26.0. The molecule has 1 heterocycles. The van der Waals surface area contributed by atoms with Gasteiger partial charge in [0.15, 0.2) is 0 Å². The van der Waals surface area contributed by atoms with Gasteiger partial charge in [-0.15, -0.1) is 0 Å². The number of carbonyl (C=O) groups excluding carboxylic acids is 2. The maximum absolute atomic E-state index is 12.0. The maximum atomic E-state index is 12.0. The quantitative estimate of drug-likeness (QED) is 0.569. The van der Waals surface area contributed by atoms with E-state index in [1.807, 2.05) is 4.72 Å². The third-order valence-electron chi connectivity index (χ3n) is 3.67. The zero-order valence-electron chi connectivity index (χ0n) is 10.5. The monoisotopic (exact) mass is 290 g/mol. The zero-order chi connectivity index (χ0) is 14.0. The van der Waals surface area contributed by atoms with E-state index in [4.69, 9.17) is 0 Å². The molecule has 0 radical (unpaired) electrons. The molecule has 0 aromatic rings. The number of amides is 2. The summed E-state index contributed by atoms with van der Waals surface area (Å²) >= 11 is 0. The van der Waals surface area contributed by atoms with Gasteiger partial charge in [-0.2, -0.15) is 0 Å². The van der Waals surface area contributed by atoms with E-state index in [2.05, 4.69) is 5.32 Å². The molecule has 1 saturated carbocycles. The van der Waals surface area contributed by atoms with Crippen LogP contribution in [0.3, 0.4) is 0 Å². The van der Waals surface area contributed by atoms with E-state index in [9.17, 15) is 23.1 Å². The standard InChI is InChI=1S/C11H18N2O5S/c14-8-6-12-10(15)9(8)11(16)13-19(17,18)7-4-2-1-3-5-7/h7-9,14H,1-6H2,(H,12,15)(H,13,16). The van der Waals surface area contributed by atoms with Gasteiger partial charge in [0.25, 0.3) is 0 Å². The second-order valence-corrected chi connectivity index (χ2v) is 7.02. The lowest BCUT2D eigenvalue weighted by atomic mass is 10.0. The first-order valence-corrected chi connectivity index (χ1v) is 7.97. The first-order valence-electron chi connectivity index (χ1n) is 6.43. The van der Waals surface area contributed by atoms with E-state index >= 15 is 0 Å². The average molecular weight is 290 g/mol. The van der Waals surface area contributed by atoms with Crippen LogP contribution < -0.4 is 10.0 Å². The summed E-state index contributed by atoms with van der Waals surface area (Å²) in [7, 11) is -3.76. The van der Waals surface area contributed by atoms with Crippen LogP contribution in [0.1, 0.15) is 32.1 Å². The topological polar surface area (TPSA) is 113 Å². The second-order valence-electron chi connectivity index (χ2n) is 5.06. The molecule has 1 aliphatic heterocycles. The third-order valence-corrected chi connectivity index (χ3v) is 5.50. The molecule has 19 heavy (non-hydrogen) atoms. The highest BCUT2D eigenvalue weighted by Crippen LogP contribution is 2.23. The second kappa shape index (κ2) is 5.46. The number of rotatable bonds is 3. The predicted octanol–water partition coefficient (Wildman–Crippen LogP) is -1.13. The van der Waals surface area contributed by atoms with Crippen molar-refractivity contribution in [2.45, 2.75) is 43.5 Å². The van der Waals surface area contributed by atoms with Gasteiger partial charge in [0, 0.05) is 6.54 Å². The van der Waals surface area contributed by atoms with Crippen molar-refractivity contribution in [3.05, 3.63) is 0 Å². The van der Waals surface area contributed by atoms with Gasteiger partial charge in [-0.3, -0.25) is 14.3 Å². The van der Waals surface area contributed by atoms with Gasteiger partial charge in [0.2, 0.25) is 21.8 Å². The predicted molar refractivity (Wildman–Crippen MR) is 66.4 cm³/mol. The molecular formula is C11H18N2O5S. The fourth-order valence-electron chi connectivity index (χ4n) is 2.56. The molecule has 108 valence electrons. The molecule has 2 amide bonds. The van der Waals surface area contributed by atoms with Crippen molar-refractivity contribution in [1.82, 2.24) is 10.0 Å². The minimum Gasteiger partial charge on any atom is -0.390 e. The van der Waals surface area contributed by atoms with E-state index in [0.717, 1.165) is 19.3 Å². The molecule has 7 nitrogen and oxygen atoms in total. The van der Waals surface area contributed by atoms with Crippen LogP contribution in [0.5, 0.6) is 0 Å². The molecule has 2 atom stereocenters. The molecule has 1 saturated heterocycles. The number of nitrogens with one attached hydrogen (secondary N) is 2. The van der Waals surface area contributed by atoms with Gasteiger partial charge in [-0.1, -0.05) is 19.3 Å². The smallest absolute Gasteiger partial charge is 0.248 e. The number of β-amino-alcohol motifs (C(OH)–C–C–N with tert-alkyl or cyclic N) is 1. The van der Waals surface area contributed by atoms with Crippen LogP contribution in [0.2, 0.25) is 0 Å². The van der Waals surface area contributed by atoms with Gasteiger partial charge in [-0.05, 0) is 12.8 Å². The highest BCUT2D eigenvalue weighted by molar-refractivity contribution is 7.90. The Labute approximate surface area is 111 Å². The normalized spacial score (nSPS) is 29.0. The molecule has 1 aliphatic carbocycles.